The fourth-order valence-electron chi connectivity index (χ4n) is 2.00. The summed E-state index contributed by atoms with van der Waals surface area (Å²) in [4.78, 5) is 11.8. The number of nitrogens with one attached hydrogen (secondary N) is 1. The number of benzene rings is 2. The van der Waals surface area contributed by atoms with Crippen molar-refractivity contribution in [3.05, 3.63) is 71.4 Å². The molecule has 0 bridgehead atoms. The molecule has 0 radical (unpaired) electrons. The van der Waals surface area contributed by atoms with Crippen LogP contribution in [0.1, 0.15) is 15.9 Å². The first-order chi connectivity index (χ1) is 12.0. The molecule has 0 unspecified atom stereocenters. The lowest BCUT2D eigenvalue weighted by atomic mass is 10.1. The van der Waals surface area contributed by atoms with Gasteiger partial charge in [-0.15, -0.1) is 0 Å². The predicted octanol–water partition coefficient (Wildman–Crippen LogP) is 3.38. The molecular formula is C17H15F3N2O3S. The van der Waals surface area contributed by atoms with E-state index in [9.17, 15) is 26.4 Å². The van der Waals surface area contributed by atoms with Crippen LogP contribution >= 0.6 is 0 Å². The molecule has 3 N–H and O–H groups in total. The number of rotatable bonds is 5. The lowest BCUT2D eigenvalue weighted by Crippen LogP contribution is -2.20. The second kappa shape index (κ2) is 7.30. The first-order valence-electron chi connectivity index (χ1n) is 7.26. The Kier molecular flexibility index (Phi) is 5.53. The van der Waals surface area contributed by atoms with Gasteiger partial charge in [0.25, 0.3) is 0 Å². The van der Waals surface area contributed by atoms with Gasteiger partial charge >= 0.3 is 6.18 Å². The normalized spacial score (nSPS) is 12.7. The van der Waals surface area contributed by atoms with Gasteiger partial charge in [-0.3, -0.25) is 4.79 Å². The standard InChI is InChI=1S/C17H15F3N2O3S/c1-11-2-4-12(5-3-11)15(23)10-16(17(18,19)20)22-13-6-8-14(9-7-13)26(21,24)25/h2-10,22H,1H3,(H2,21,24,25). The number of nitrogens with two attached hydrogens (primary N) is 1. The van der Waals surface area contributed by atoms with Crippen molar-refractivity contribution in [3.8, 4) is 0 Å². The Balaban J connectivity index is 2.30. The van der Waals surface area contributed by atoms with Crippen LogP contribution in [0.25, 0.3) is 0 Å². The molecule has 0 heterocycles. The number of ketones is 1. The molecule has 2 aromatic carbocycles. The number of hydrogen-bond donors (Lipinski definition) is 2. The number of sulfonamides is 1. The molecule has 0 fully saturated rings. The molecule has 0 spiro atoms. The van der Waals surface area contributed by atoms with E-state index in [4.69, 9.17) is 5.14 Å². The number of halogens is 3. The number of hydrogen-bond acceptors (Lipinski definition) is 4. The first-order valence-corrected chi connectivity index (χ1v) is 8.81. The fraction of sp³-hybridized carbons (Fsp3) is 0.118. The van der Waals surface area contributed by atoms with E-state index in [1.807, 2.05) is 0 Å². The molecule has 26 heavy (non-hydrogen) atoms. The van der Waals surface area contributed by atoms with Crippen molar-refractivity contribution in [3.63, 3.8) is 0 Å². The van der Waals surface area contributed by atoms with E-state index in [1.54, 1.807) is 19.1 Å². The van der Waals surface area contributed by atoms with Crippen LogP contribution in [-0.2, 0) is 10.0 Å². The van der Waals surface area contributed by atoms with Crippen molar-refractivity contribution >= 4 is 21.5 Å². The van der Waals surface area contributed by atoms with Gasteiger partial charge in [-0.2, -0.15) is 13.2 Å². The van der Waals surface area contributed by atoms with E-state index in [0.29, 0.717) is 6.08 Å². The number of carbonyl (C=O) groups excluding carboxylic acids is 1. The lowest BCUT2D eigenvalue weighted by Gasteiger charge is -2.14. The zero-order valence-corrected chi connectivity index (χ0v) is 14.4. The Labute approximate surface area is 148 Å². The van der Waals surface area contributed by atoms with Gasteiger partial charge in [-0.25, -0.2) is 13.6 Å². The van der Waals surface area contributed by atoms with Gasteiger partial charge in [0.15, 0.2) is 5.78 Å². The smallest absolute Gasteiger partial charge is 0.351 e. The maximum atomic E-state index is 13.2. The minimum atomic E-state index is -4.81. The number of carbonyl (C=O) groups is 1. The van der Waals surface area contributed by atoms with E-state index >= 15 is 0 Å². The Morgan fingerprint density at radius 3 is 2.04 bits per heavy atom. The molecule has 0 saturated carbocycles. The molecule has 9 heteroatoms. The fourth-order valence-corrected chi connectivity index (χ4v) is 2.52. The lowest BCUT2D eigenvalue weighted by molar-refractivity contribution is -0.0903. The molecular weight excluding hydrogens is 369 g/mol. The Bertz CT molecular complexity index is 933. The van der Waals surface area contributed by atoms with Crippen LogP contribution in [0.15, 0.2) is 65.2 Å². The third-order valence-corrected chi connectivity index (χ3v) is 4.31. The van der Waals surface area contributed by atoms with Gasteiger partial charge < -0.3 is 5.32 Å². The second-order valence-corrected chi connectivity index (χ2v) is 7.04. The topological polar surface area (TPSA) is 89.3 Å². The highest BCUT2D eigenvalue weighted by atomic mass is 32.2. The van der Waals surface area contributed by atoms with E-state index in [-0.39, 0.29) is 16.1 Å². The minimum Gasteiger partial charge on any atom is -0.351 e. The average Bonchev–Trinajstić information content (AvgIpc) is 2.53. The zero-order valence-electron chi connectivity index (χ0n) is 13.5. The molecule has 0 aliphatic carbocycles. The van der Waals surface area contributed by atoms with Gasteiger partial charge in [0.2, 0.25) is 10.0 Å². The van der Waals surface area contributed by atoms with Gasteiger partial charge in [0.1, 0.15) is 5.70 Å². The van der Waals surface area contributed by atoms with Crippen molar-refractivity contribution in [2.75, 3.05) is 5.32 Å². The molecule has 2 aromatic rings. The molecule has 0 aromatic heterocycles. The minimum absolute atomic E-state index is 0.0438. The quantitative estimate of drug-likeness (QED) is 0.611. The molecule has 0 amide bonds. The van der Waals surface area contributed by atoms with Crippen LogP contribution in [0.3, 0.4) is 0 Å². The van der Waals surface area contributed by atoms with Crippen LogP contribution in [0.4, 0.5) is 18.9 Å². The third kappa shape index (κ3) is 5.17. The Hall–Kier alpha value is -2.65. The summed E-state index contributed by atoms with van der Waals surface area (Å²) in [7, 11) is -3.95. The van der Waals surface area contributed by atoms with E-state index < -0.39 is 27.7 Å². The van der Waals surface area contributed by atoms with Gasteiger partial charge in [-0.05, 0) is 31.2 Å². The number of alkyl halides is 3. The van der Waals surface area contributed by atoms with Crippen LogP contribution in [0.2, 0.25) is 0 Å². The van der Waals surface area contributed by atoms with Crippen LogP contribution < -0.4 is 10.5 Å². The van der Waals surface area contributed by atoms with Crippen molar-refractivity contribution < 1.29 is 26.4 Å². The number of allylic oxidation sites excluding steroid dienone is 2. The molecule has 0 aliphatic heterocycles. The largest absolute Gasteiger partial charge is 0.431 e. The Morgan fingerprint density at radius 1 is 1.04 bits per heavy atom. The van der Waals surface area contributed by atoms with Crippen molar-refractivity contribution in [1.29, 1.82) is 0 Å². The first kappa shape index (κ1) is 19.7. The van der Waals surface area contributed by atoms with Crippen LogP contribution in [0.5, 0.6) is 0 Å². The number of primary sulfonamides is 1. The maximum absolute atomic E-state index is 13.2. The third-order valence-electron chi connectivity index (χ3n) is 3.38. The molecule has 0 atom stereocenters. The summed E-state index contributed by atoms with van der Waals surface area (Å²) >= 11 is 0. The molecule has 5 nitrogen and oxygen atoms in total. The molecule has 138 valence electrons. The van der Waals surface area contributed by atoms with Crippen molar-refractivity contribution in [1.82, 2.24) is 0 Å². The summed E-state index contributed by atoms with van der Waals surface area (Å²) in [5.41, 5.74) is -0.331. The monoisotopic (exact) mass is 384 g/mol. The van der Waals surface area contributed by atoms with Gasteiger partial charge in [0, 0.05) is 17.3 Å². The zero-order chi connectivity index (χ0) is 19.5. The number of anilines is 1. The van der Waals surface area contributed by atoms with Gasteiger partial charge in [-0.1, -0.05) is 29.8 Å². The summed E-state index contributed by atoms with van der Waals surface area (Å²) in [5.74, 6) is -0.814. The highest BCUT2D eigenvalue weighted by molar-refractivity contribution is 7.89. The molecule has 2 rings (SSSR count). The highest BCUT2D eigenvalue weighted by Gasteiger charge is 2.34. The molecule has 0 saturated heterocycles. The predicted molar refractivity (Wildman–Crippen MR) is 91.1 cm³/mol. The summed E-state index contributed by atoms with van der Waals surface area (Å²) in [6.45, 7) is 1.79. The van der Waals surface area contributed by atoms with E-state index in [1.165, 1.54) is 12.1 Å². The van der Waals surface area contributed by atoms with Crippen LogP contribution in [0, 0.1) is 6.92 Å². The highest BCUT2D eigenvalue weighted by Crippen LogP contribution is 2.28. The summed E-state index contributed by atoms with van der Waals surface area (Å²) in [6.07, 6.45) is -4.35. The van der Waals surface area contributed by atoms with Crippen molar-refractivity contribution in [2.24, 2.45) is 5.14 Å². The maximum Gasteiger partial charge on any atom is 0.431 e. The van der Waals surface area contributed by atoms with Gasteiger partial charge in [0.05, 0.1) is 4.90 Å². The summed E-state index contributed by atoms with van der Waals surface area (Å²) in [6, 6.07) is 10.5. The average molecular weight is 384 g/mol. The van der Waals surface area contributed by atoms with E-state index in [2.05, 4.69) is 5.32 Å². The SMILES string of the molecule is Cc1ccc(C(=O)C=C(Nc2ccc(S(N)(=O)=O)cc2)C(F)(F)F)cc1. The molecule has 0 aliphatic rings. The van der Waals surface area contributed by atoms with E-state index in [0.717, 1.165) is 29.8 Å². The summed E-state index contributed by atoms with van der Waals surface area (Å²) in [5, 5.41) is 7.02. The second-order valence-electron chi connectivity index (χ2n) is 5.48. The van der Waals surface area contributed by atoms with Crippen molar-refractivity contribution in [2.45, 2.75) is 18.0 Å². The van der Waals surface area contributed by atoms with Crippen LogP contribution in [-0.4, -0.2) is 20.4 Å². The summed E-state index contributed by atoms with van der Waals surface area (Å²) < 4.78 is 62.0. The number of aryl methyl sites for hydroxylation is 1. The Morgan fingerprint density at radius 2 is 1.58 bits per heavy atom.